The van der Waals surface area contributed by atoms with Crippen molar-refractivity contribution in [2.75, 3.05) is 49.1 Å². The van der Waals surface area contributed by atoms with E-state index in [9.17, 15) is 24.0 Å². The van der Waals surface area contributed by atoms with E-state index in [1.54, 1.807) is 14.7 Å². The molecule has 0 bridgehead atoms. The predicted molar refractivity (Wildman–Crippen MR) is 304 cm³/mol. The third-order valence-electron chi connectivity index (χ3n) is 15.2. The van der Waals surface area contributed by atoms with E-state index >= 15 is 0 Å². The standard InChI is InChI=1S/C27H30N4O3.C19H24N2O4.C8H10N2O.C8H7N/c1-17-4-7-20(8-5-17)25-28-26(34-29-25)21-10-12-30(13-11-21)27(33)22-15-24(32)31(16-22)23-9-6-18(2)19(3)14-23;1-12-3-4-16(9-13(12)2)21-11-15(10-17(21)22)18(23)20-7-5-14(6-8-20)19(24)25;1-6-2-4-7(5-3-6)8(9)10-11;1-7-3-5-8(9-2)6-4-7/h4-9,14,21-22H,10-13,15-16H2,1-3H3;3-4,9,14-15H,5-8,10-11H2,1-2H3,(H,24,25);2-5,11H,1H3,(H2,9,10);3-6H,1H3. The molecule has 4 fully saturated rings. The Labute approximate surface area is 462 Å². The van der Waals surface area contributed by atoms with Gasteiger partial charge in [0.1, 0.15) is 0 Å². The summed E-state index contributed by atoms with van der Waals surface area (Å²) in [6, 6.07) is 34.9. The maximum absolute atomic E-state index is 13.2. The van der Waals surface area contributed by atoms with E-state index in [-0.39, 0.29) is 66.0 Å². The minimum atomic E-state index is -0.788. The number of anilines is 2. The van der Waals surface area contributed by atoms with Gasteiger partial charge >= 0.3 is 5.97 Å². The van der Waals surface area contributed by atoms with Crippen LogP contribution in [0.15, 0.2) is 119 Å². The summed E-state index contributed by atoms with van der Waals surface area (Å²) < 4.78 is 5.56. The van der Waals surface area contributed by atoms with Crippen LogP contribution in [0.2, 0.25) is 0 Å². The summed E-state index contributed by atoms with van der Waals surface area (Å²) in [7, 11) is 0. The Morgan fingerprint density at radius 3 is 1.49 bits per heavy atom. The number of rotatable bonds is 8. The summed E-state index contributed by atoms with van der Waals surface area (Å²) in [6.07, 6.45) is 3.04. The molecule has 4 amide bonds. The van der Waals surface area contributed by atoms with Crippen molar-refractivity contribution >= 4 is 52.5 Å². The van der Waals surface area contributed by atoms with Crippen LogP contribution in [0.1, 0.15) is 94.8 Å². The van der Waals surface area contributed by atoms with E-state index in [0.717, 1.165) is 52.0 Å². The molecule has 2 unspecified atom stereocenters. The average molecular weight is 1070 g/mol. The SMILES string of the molecule is Cc1ccc(-c2noc(C3CCN(C(=O)C4CC(=O)N(c5ccc(C)c(C)c5)C4)CC3)n2)cc1.Cc1ccc(C(N)=NO)cc1.Cc1ccc(N2CC(C(=O)N3CCC(C(=O)O)CC3)CC2=O)cc1C.[C-]#[N+]c1ccc(C)cc1. The lowest BCUT2D eigenvalue weighted by Crippen LogP contribution is -2.43. The normalized spacial score (nSPS) is 17.7. The van der Waals surface area contributed by atoms with Gasteiger partial charge in [-0.25, -0.2) is 4.85 Å². The van der Waals surface area contributed by atoms with Crippen molar-refractivity contribution in [2.45, 2.75) is 92.9 Å². The number of hydrogen-bond acceptors (Lipinski definition) is 10. The number of carbonyl (C=O) groups excluding carboxylic acids is 4. The van der Waals surface area contributed by atoms with Gasteiger partial charge in [0.15, 0.2) is 11.5 Å². The number of benzene rings is 5. The van der Waals surface area contributed by atoms with Crippen molar-refractivity contribution in [3.63, 3.8) is 0 Å². The first-order chi connectivity index (χ1) is 37.8. The average Bonchev–Trinajstić information content (AvgIpc) is 4.31. The van der Waals surface area contributed by atoms with Gasteiger partial charge in [0.2, 0.25) is 35.3 Å². The highest BCUT2D eigenvalue weighted by Crippen LogP contribution is 2.33. The Morgan fingerprint density at radius 2 is 1.06 bits per heavy atom. The van der Waals surface area contributed by atoms with Gasteiger partial charge in [0.25, 0.3) is 0 Å². The van der Waals surface area contributed by atoms with Crippen LogP contribution in [0.25, 0.3) is 16.2 Å². The summed E-state index contributed by atoms with van der Waals surface area (Å²) in [6.45, 7) is 23.9. The third-order valence-corrected chi connectivity index (χ3v) is 15.2. The fourth-order valence-electron chi connectivity index (χ4n) is 9.86. The number of amides is 4. The lowest BCUT2D eigenvalue weighted by atomic mass is 9.95. The fraction of sp³-hybridized carbons (Fsp3) is 0.371. The molecule has 0 radical (unpaired) electrons. The zero-order chi connectivity index (χ0) is 56.9. The van der Waals surface area contributed by atoms with Crippen LogP contribution in [-0.2, 0) is 24.0 Å². The van der Waals surface area contributed by atoms with Crippen LogP contribution in [0.4, 0.5) is 17.1 Å². The Morgan fingerprint density at radius 1 is 0.620 bits per heavy atom. The number of carbonyl (C=O) groups is 5. The molecule has 79 heavy (non-hydrogen) atoms. The quantitative estimate of drug-likeness (QED) is 0.0428. The van der Waals surface area contributed by atoms with Gasteiger partial charge in [-0.05, 0) is 121 Å². The molecule has 5 aromatic carbocycles. The zero-order valence-corrected chi connectivity index (χ0v) is 46.2. The Bertz CT molecular complexity index is 3190. The second-order valence-corrected chi connectivity index (χ2v) is 21.0. The summed E-state index contributed by atoms with van der Waals surface area (Å²) in [5.41, 5.74) is 17.6. The highest BCUT2D eigenvalue weighted by Gasteiger charge is 2.40. The molecule has 17 nitrogen and oxygen atoms in total. The van der Waals surface area contributed by atoms with E-state index in [4.69, 9.17) is 27.1 Å². The molecule has 0 aliphatic carbocycles. The number of nitrogens with two attached hydrogens (primary N) is 1. The highest BCUT2D eigenvalue weighted by atomic mass is 16.5. The van der Waals surface area contributed by atoms with Crippen LogP contribution < -0.4 is 15.5 Å². The molecular formula is C62H71N9O8. The summed E-state index contributed by atoms with van der Waals surface area (Å²) in [5.74, 6) is -0.203. The maximum atomic E-state index is 13.2. The van der Waals surface area contributed by atoms with Crippen molar-refractivity contribution in [1.29, 1.82) is 0 Å². The van der Waals surface area contributed by atoms with E-state index in [1.165, 1.54) is 22.3 Å². The summed E-state index contributed by atoms with van der Waals surface area (Å²) >= 11 is 0. The van der Waals surface area contributed by atoms with Crippen LogP contribution in [-0.4, -0.2) is 105 Å². The largest absolute Gasteiger partial charge is 0.481 e. The molecule has 4 saturated heterocycles. The van der Waals surface area contributed by atoms with Crippen LogP contribution >= 0.6 is 0 Å². The molecule has 4 aliphatic heterocycles. The number of piperidine rings is 2. The summed E-state index contributed by atoms with van der Waals surface area (Å²) in [4.78, 5) is 77.0. The first-order valence-electron chi connectivity index (χ1n) is 26.8. The molecule has 2 atom stereocenters. The first-order valence-corrected chi connectivity index (χ1v) is 26.8. The minimum absolute atomic E-state index is 0.0194. The van der Waals surface area contributed by atoms with Crippen LogP contribution in [0.3, 0.4) is 0 Å². The van der Waals surface area contributed by atoms with E-state index in [1.807, 2.05) is 156 Å². The first kappa shape index (κ1) is 58.0. The van der Waals surface area contributed by atoms with Crippen molar-refractivity contribution in [3.8, 4) is 11.4 Å². The summed E-state index contributed by atoms with van der Waals surface area (Å²) in [5, 5.41) is 24.4. The smallest absolute Gasteiger partial charge is 0.306 e. The van der Waals surface area contributed by atoms with Crippen molar-refractivity contribution in [1.82, 2.24) is 19.9 Å². The Balaban J connectivity index is 0.000000174. The van der Waals surface area contributed by atoms with Crippen LogP contribution in [0, 0.1) is 72.8 Å². The predicted octanol–water partition coefficient (Wildman–Crippen LogP) is 10.0. The molecule has 0 saturated carbocycles. The Hall–Kier alpha value is -8.65. The Kier molecular flexibility index (Phi) is 19.5. The maximum Gasteiger partial charge on any atom is 0.306 e. The number of aromatic nitrogens is 2. The molecule has 1 aromatic heterocycles. The van der Waals surface area contributed by atoms with Gasteiger partial charge in [0.05, 0.1) is 24.3 Å². The molecular weight excluding hydrogens is 999 g/mol. The number of nitrogens with zero attached hydrogens (tertiary/aromatic N) is 8. The molecule has 17 heteroatoms. The van der Waals surface area contributed by atoms with Crippen molar-refractivity contribution in [2.24, 2.45) is 28.6 Å². The zero-order valence-electron chi connectivity index (χ0n) is 46.2. The molecule has 10 rings (SSSR count). The molecule has 5 heterocycles. The minimum Gasteiger partial charge on any atom is -0.481 e. The van der Waals surface area contributed by atoms with Gasteiger partial charge < -0.3 is 40.2 Å². The fourth-order valence-corrected chi connectivity index (χ4v) is 9.86. The van der Waals surface area contributed by atoms with Gasteiger partial charge in [-0.1, -0.05) is 112 Å². The molecule has 0 spiro atoms. The van der Waals surface area contributed by atoms with E-state index < -0.39 is 5.97 Å². The number of amidine groups is 1. The van der Waals surface area contributed by atoms with Crippen LogP contribution in [0.5, 0.6) is 0 Å². The number of aliphatic carboxylic acids is 1. The van der Waals surface area contributed by atoms with Gasteiger partial charge in [-0.15, -0.1) is 0 Å². The molecule has 4 N–H and O–H groups in total. The topological polar surface area (TPSA) is 220 Å². The molecule has 412 valence electrons. The van der Waals surface area contributed by atoms with Crippen molar-refractivity contribution in [3.05, 3.63) is 171 Å². The van der Waals surface area contributed by atoms with Gasteiger partial charge in [0, 0.05) is 80.5 Å². The molecule has 4 aliphatic rings. The van der Waals surface area contributed by atoms with Gasteiger partial charge in [-0.3, -0.25) is 24.0 Å². The second kappa shape index (κ2) is 26.6. The second-order valence-electron chi connectivity index (χ2n) is 21.0. The number of aryl methyl sites for hydroxylation is 7. The number of carboxylic acids is 1. The lowest BCUT2D eigenvalue weighted by molar-refractivity contribution is -0.146. The monoisotopic (exact) mass is 1070 g/mol. The molecule has 6 aromatic rings. The van der Waals surface area contributed by atoms with Gasteiger partial charge in [-0.2, -0.15) is 4.98 Å². The number of carboxylic acid groups (broad SMARTS) is 1. The number of likely N-dealkylation sites (tertiary alicyclic amines) is 2. The lowest BCUT2D eigenvalue weighted by Gasteiger charge is -2.32. The number of oxime groups is 1. The van der Waals surface area contributed by atoms with E-state index in [0.29, 0.717) is 69.5 Å². The number of hydrogen-bond donors (Lipinski definition) is 3. The van der Waals surface area contributed by atoms with Crippen molar-refractivity contribution < 1.29 is 38.8 Å². The third kappa shape index (κ3) is 15.1. The highest BCUT2D eigenvalue weighted by molar-refractivity contribution is 6.01. The van der Waals surface area contributed by atoms with E-state index in [2.05, 4.69) is 27.1 Å².